The van der Waals surface area contributed by atoms with Crippen molar-refractivity contribution in [3.63, 3.8) is 0 Å². The average Bonchev–Trinajstić information content (AvgIpc) is 3.03. The minimum Gasteiger partial charge on any atom is -0.478 e. The number of hydrogen-bond acceptors (Lipinski definition) is 3. The zero-order valence-corrected chi connectivity index (χ0v) is 12.2. The first-order chi connectivity index (χ1) is 10.6. The molecule has 0 aliphatic heterocycles. The summed E-state index contributed by atoms with van der Waals surface area (Å²) in [4.78, 5) is 12.4. The highest BCUT2D eigenvalue weighted by Crippen LogP contribution is 2.30. The Bertz CT molecular complexity index is 798. The van der Waals surface area contributed by atoms with Crippen LogP contribution >= 0.6 is 11.3 Å². The van der Waals surface area contributed by atoms with Crippen LogP contribution in [0.15, 0.2) is 60.0 Å². The van der Waals surface area contributed by atoms with E-state index in [-0.39, 0.29) is 11.4 Å². The van der Waals surface area contributed by atoms with Crippen LogP contribution in [0, 0.1) is 5.82 Å². The SMILES string of the molecule is O=C(O)c1ccc(-c2cccs2)cc1Nc1ccc(F)cc1. The number of carboxylic acid groups (broad SMARTS) is 1. The summed E-state index contributed by atoms with van der Waals surface area (Å²) in [5.74, 6) is -1.35. The molecule has 0 amide bonds. The Hall–Kier alpha value is -2.66. The number of thiophene rings is 1. The van der Waals surface area contributed by atoms with Gasteiger partial charge in [-0.1, -0.05) is 12.1 Å². The summed E-state index contributed by atoms with van der Waals surface area (Å²) >= 11 is 1.58. The summed E-state index contributed by atoms with van der Waals surface area (Å²) < 4.78 is 13.0. The molecular formula is C17H12FNO2S. The summed E-state index contributed by atoms with van der Waals surface area (Å²) in [5.41, 5.74) is 2.21. The number of benzene rings is 2. The molecule has 1 heterocycles. The predicted molar refractivity (Wildman–Crippen MR) is 86.4 cm³/mol. The van der Waals surface area contributed by atoms with Crippen LogP contribution in [0.2, 0.25) is 0 Å². The molecule has 2 aromatic carbocycles. The number of nitrogens with one attached hydrogen (secondary N) is 1. The number of anilines is 2. The lowest BCUT2D eigenvalue weighted by atomic mass is 10.1. The molecule has 1 aromatic heterocycles. The molecule has 0 bridgehead atoms. The van der Waals surface area contributed by atoms with Crippen molar-refractivity contribution in [1.29, 1.82) is 0 Å². The second-order valence-corrected chi connectivity index (χ2v) is 5.62. The fourth-order valence-electron chi connectivity index (χ4n) is 2.12. The molecule has 5 heteroatoms. The van der Waals surface area contributed by atoms with Crippen LogP contribution in [0.4, 0.5) is 15.8 Å². The summed E-state index contributed by atoms with van der Waals surface area (Å²) in [5, 5.41) is 14.3. The summed E-state index contributed by atoms with van der Waals surface area (Å²) in [6.45, 7) is 0. The second kappa shape index (κ2) is 5.99. The largest absolute Gasteiger partial charge is 0.478 e. The summed E-state index contributed by atoms with van der Waals surface area (Å²) in [7, 11) is 0. The zero-order chi connectivity index (χ0) is 15.5. The molecule has 0 aliphatic carbocycles. The Labute approximate surface area is 130 Å². The van der Waals surface area contributed by atoms with Crippen molar-refractivity contribution in [3.05, 3.63) is 71.4 Å². The third-order valence-electron chi connectivity index (χ3n) is 3.18. The van der Waals surface area contributed by atoms with Crippen LogP contribution < -0.4 is 5.32 Å². The van der Waals surface area contributed by atoms with Crippen LogP contribution in [0.5, 0.6) is 0 Å². The minimum absolute atomic E-state index is 0.171. The topological polar surface area (TPSA) is 49.3 Å². The Morgan fingerprint density at radius 3 is 2.50 bits per heavy atom. The van der Waals surface area contributed by atoms with E-state index < -0.39 is 5.97 Å². The number of halogens is 1. The lowest BCUT2D eigenvalue weighted by molar-refractivity contribution is 0.0698. The van der Waals surface area contributed by atoms with E-state index in [1.807, 2.05) is 17.5 Å². The van der Waals surface area contributed by atoms with E-state index in [0.717, 1.165) is 10.4 Å². The predicted octanol–water partition coefficient (Wildman–Crippen LogP) is 5.00. The quantitative estimate of drug-likeness (QED) is 0.713. The number of carboxylic acids is 1. The van der Waals surface area contributed by atoms with Gasteiger partial charge in [-0.2, -0.15) is 0 Å². The van der Waals surface area contributed by atoms with Gasteiger partial charge in [-0.15, -0.1) is 11.3 Å². The van der Waals surface area contributed by atoms with Crippen LogP contribution in [0.25, 0.3) is 10.4 Å². The van der Waals surface area contributed by atoms with E-state index in [9.17, 15) is 14.3 Å². The first kappa shape index (κ1) is 14.3. The molecule has 0 unspecified atom stereocenters. The van der Waals surface area contributed by atoms with Gasteiger partial charge in [-0.3, -0.25) is 0 Å². The smallest absolute Gasteiger partial charge is 0.337 e. The van der Waals surface area contributed by atoms with Gasteiger partial charge in [-0.25, -0.2) is 9.18 Å². The van der Waals surface area contributed by atoms with Crippen molar-refractivity contribution < 1.29 is 14.3 Å². The highest BCUT2D eigenvalue weighted by molar-refractivity contribution is 7.13. The number of rotatable bonds is 4. The normalized spacial score (nSPS) is 10.4. The molecule has 0 radical (unpaired) electrons. The molecule has 3 aromatic rings. The van der Waals surface area contributed by atoms with Gasteiger partial charge in [0.2, 0.25) is 0 Å². The standard InChI is InChI=1S/C17H12FNO2S/c18-12-4-6-13(7-5-12)19-15-10-11(16-2-1-9-22-16)3-8-14(15)17(20)21/h1-10,19H,(H,20,21). The lowest BCUT2D eigenvalue weighted by Gasteiger charge is -2.11. The van der Waals surface area contributed by atoms with Gasteiger partial charge >= 0.3 is 5.97 Å². The molecule has 3 nitrogen and oxygen atoms in total. The first-order valence-corrected chi connectivity index (χ1v) is 7.45. The highest BCUT2D eigenvalue weighted by atomic mass is 32.1. The van der Waals surface area contributed by atoms with Gasteiger partial charge in [0, 0.05) is 10.6 Å². The summed E-state index contributed by atoms with van der Waals surface area (Å²) in [6.07, 6.45) is 0. The van der Waals surface area contributed by atoms with Crippen molar-refractivity contribution in [2.75, 3.05) is 5.32 Å². The molecule has 0 saturated carbocycles. The van der Waals surface area contributed by atoms with E-state index >= 15 is 0 Å². The van der Waals surface area contributed by atoms with Gasteiger partial charge in [0.25, 0.3) is 0 Å². The first-order valence-electron chi connectivity index (χ1n) is 6.57. The maximum absolute atomic E-state index is 13.0. The average molecular weight is 313 g/mol. The van der Waals surface area contributed by atoms with Crippen molar-refractivity contribution in [3.8, 4) is 10.4 Å². The molecule has 0 aliphatic rings. The van der Waals surface area contributed by atoms with Crippen LogP contribution in [0.3, 0.4) is 0 Å². The molecule has 0 fully saturated rings. The van der Waals surface area contributed by atoms with Crippen molar-refractivity contribution in [1.82, 2.24) is 0 Å². The number of aromatic carboxylic acids is 1. The Morgan fingerprint density at radius 1 is 1.09 bits per heavy atom. The fraction of sp³-hybridized carbons (Fsp3) is 0. The monoisotopic (exact) mass is 313 g/mol. The molecule has 3 rings (SSSR count). The zero-order valence-electron chi connectivity index (χ0n) is 11.4. The van der Waals surface area contributed by atoms with Gasteiger partial charge in [0.15, 0.2) is 0 Å². The van der Waals surface area contributed by atoms with E-state index in [1.165, 1.54) is 12.1 Å². The fourth-order valence-corrected chi connectivity index (χ4v) is 2.84. The molecule has 2 N–H and O–H groups in total. The molecule has 22 heavy (non-hydrogen) atoms. The van der Waals surface area contributed by atoms with Gasteiger partial charge < -0.3 is 10.4 Å². The highest BCUT2D eigenvalue weighted by Gasteiger charge is 2.12. The second-order valence-electron chi connectivity index (χ2n) is 4.67. The molecule has 110 valence electrons. The van der Waals surface area contributed by atoms with Crippen molar-refractivity contribution in [2.24, 2.45) is 0 Å². The van der Waals surface area contributed by atoms with Crippen molar-refractivity contribution in [2.45, 2.75) is 0 Å². The molecular weight excluding hydrogens is 301 g/mol. The van der Waals surface area contributed by atoms with Crippen LogP contribution in [0.1, 0.15) is 10.4 Å². The van der Waals surface area contributed by atoms with Gasteiger partial charge in [-0.05, 0) is 53.4 Å². The molecule has 0 saturated heterocycles. The summed E-state index contributed by atoms with van der Waals surface area (Å²) in [6, 6.07) is 14.8. The number of hydrogen-bond donors (Lipinski definition) is 2. The number of carbonyl (C=O) groups is 1. The van der Waals surface area contributed by atoms with E-state index in [1.54, 1.807) is 41.7 Å². The van der Waals surface area contributed by atoms with E-state index in [4.69, 9.17) is 0 Å². The third kappa shape index (κ3) is 2.99. The van der Waals surface area contributed by atoms with Crippen LogP contribution in [-0.2, 0) is 0 Å². The Balaban J connectivity index is 2.01. The Kier molecular flexibility index (Phi) is 3.89. The molecule has 0 spiro atoms. The van der Waals surface area contributed by atoms with Crippen LogP contribution in [-0.4, -0.2) is 11.1 Å². The van der Waals surface area contributed by atoms with E-state index in [0.29, 0.717) is 11.4 Å². The minimum atomic E-state index is -1.01. The Morgan fingerprint density at radius 2 is 1.86 bits per heavy atom. The molecule has 0 atom stereocenters. The van der Waals surface area contributed by atoms with Crippen molar-refractivity contribution >= 4 is 28.7 Å². The van der Waals surface area contributed by atoms with Gasteiger partial charge in [0.1, 0.15) is 5.82 Å². The van der Waals surface area contributed by atoms with E-state index in [2.05, 4.69) is 5.32 Å². The van der Waals surface area contributed by atoms with Gasteiger partial charge in [0.05, 0.1) is 11.3 Å². The maximum Gasteiger partial charge on any atom is 0.337 e. The lowest BCUT2D eigenvalue weighted by Crippen LogP contribution is -2.03. The third-order valence-corrected chi connectivity index (χ3v) is 4.10. The maximum atomic E-state index is 13.0.